The number of hydrogen-bond donors (Lipinski definition) is 3. The van der Waals surface area contributed by atoms with Gasteiger partial charge in [0.2, 0.25) is 5.91 Å². The minimum absolute atomic E-state index is 0. The maximum Gasteiger partial charge on any atom is 0.257 e. The zero-order valence-corrected chi connectivity index (χ0v) is 17.1. The summed E-state index contributed by atoms with van der Waals surface area (Å²) in [6, 6.07) is 8.41. The third-order valence-electron chi connectivity index (χ3n) is 4.58. The van der Waals surface area contributed by atoms with Crippen molar-refractivity contribution in [3.63, 3.8) is 0 Å². The number of anilines is 2. The molecule has 0 aliphatic heterocycles. The molecular weight excluding hydrogens is 403 g/mol. The van der Waals surface area contributed by atoms with Gasteiger partial charge in [-0.15, -0.1) is 24.8 Å². The predicted molar refractivity (Wildman–Crippen MR) is 114 cm³/mol. The van der Waals surface area contributed by atoms with Gasteiger partial charge < -0.3 is 21.1 Å². The number of carbonyl (C=O) groups is 2. The van der Waals surface area contributed by atoms with Crippen LogP contribution in [0.2, 0.25) is 0 Å². The largest absolute Gasteiger partial charge is 0.494 e. The van der Waals surface area contributed by atoms with Crippen molar-refractivity contribution in [2.45, 2.75) is 31.2 Å². The molecule has 152 valence electrons. The van der Waals surface area contributed by atoms with E-state index in [2.05, 4.69) is 15.6 Å². The molecule has 9 heteroatoms. The molecule has 1 aliphatic rings. The minimum Gasteiger partial charge on any atom is -0.494 e. The molecule has 1 aromatic heterocycles. The molecule has 2 aromatic rings. The lowest BCUT2D eigenvalue weighted by Gasteiger charge is -2.22. The van der Waals surface area contributed by atoms with Crippen LogP contribution < -0.4 is 21.1 Å². The van der Waals surface area contributed by atoms with E-state index in [-0.39, 0.29) is 36.6 Å². The van der Waals surface area contributed by atoms with Crippen LogP contribution in [-0.2, 0) is 4.79 Å². The van der Waals surface area contributed by atoms with Gasteiger partial charge in [0.15, 0.2) is 0 Å². The number of nitrogens with one attached hydrogen (secondary N) is 2. The minimum atomic E-state index is -0.805. The van der Waals surface area contributed by atoms with Gasteiger partial charge in [0.25, 0.3) is 5.91 Å². The Morgan fingerprint density at radius 3 is 2.46 bits per heavy atom. The third-order valence-corrected chi connectivity index (χ3v) is 4.58. The van der Waals surface area contributed by atoms with Crippen LogP contribution in [0.15, 0.2) is 42.7 Å². The van der Waals surface area contributed by atoms with Crippen LogP contribution in [0.3, 0.4) is 0 Å². The molecule has 0 bridgehead atoms. The highest BCUT2D eigenvalue weighted by Crippen LogP contribution is 2.31. The lowest BCUT2D eigenvalue weighted by atomic mass is 9.98. The number of halogens is 2. The van der Waals surface area contributed by atoms with Crippen molar-refractivity contribution >= 4 is 48.0 Å². The average Bonchev–Trinajstić information content (AvgIpc) is 3.11. The van der Waals surface area contributed by atoms with E-state index < -0.39 is 5.54 Å². The van der Waals surface area contributed by atoms with E-state index in [0.29, 0.717) is 35.5 Å². The second-order valence-electron chi connectivity index (χ2n) is 6.43. The van der Waals surface area contributed by atoms with E-state index in [1.165, 1.54) is 13.3 Å². The number of nitrogens with two attached hydrogens (primary N) is 1. The zero-order chi connectivity index (χ0) is 18.6. The van der Waals surface area contributed by atoms with E-state index in [1.54, 1.807) is 36.5 Å². The zero-order valence-electron chi connectivity index (χ0n) is 15.4. The van der Waals surface area contributed by atoms with Crippen LogP contribution in [0.1, 0.15) is 36.0 Å². The summed E-state index contributed by atoms with van der Waals surface area (Å²) in [4.78, 5) is 28.6. The van der Waals surface area contributed by atoms with Gasteiger partial charge in [-0.2, -0.15) is 0 Å². The van der Waals surface area contributed by atoms with Crippen molar-refractivity contribution in [1.82, 2.24) is 4.98 Å². The lowest BCUT2D eigenvalue weighted by molar-refractivity contribution is -0.121. The summed E-state index contributed by atoms with van der Waals surface area (Å²) in [5.74, 6) is -0.0400. The number of ether oxygens (including phenoxy) is 1. The number of aromatic nitrogens is 1. The number of amides is 2. The fraction of sp³-hybridized carbons (Fsp3) is 0.316. The Morgan fingerprint density at radius 2 is 1.86 bits per heavy atom. The second-order valence-corrected chi connectivity index (χ2v) is 6.43. The van der Waals surface area contributed by atoms with Crippen LogP contribution in [0.5, 0.6) is 5.75 Å². The summed E-state index contributed by atoms with van der Waals surface area (Å²) < 4.78 is 5.34. The quantitative estimate of drug-likeness (QED) is 0.678. The normalized spacial score (nSPS) is 14.2. The van der Waals surface area contributed by atoms with E-state index in [4.69, 9.17) is 10.5 Å². The molecule has 1 fully saturated rings. The van der Waals surface area contributed by atoms with E-state index >= 15 is 0 Å². The number of nitrogens with zero attached hydrogens (tertiary/aromatic N) is 1. The number of benzene rings is 1. The summed E-state index contributed by atoms with van der Waals surface area (Å²) in [7, 11) is 1.50. The first kappa shape index (κ1) is 23.7. The van der Waals surface area contributed by atoms with Crippen molar-refractivity contribution in [2.75, 3.05) is 17.7 Å². The van der Waals surface area contributed by atoms with E-state index in [9.17, 15) is 9.59 Å². The van der Waals surface area contributed by atoms with Crippen LogP contribution in [0.25, 0.3) is 0 Å². The molecule has 0 spiro atoms. The summed E-state index contributed by atoms with van der Waals surface area (Å²) in [6.45, 7) is 0. The van der Waals surface area contributed by atoms with Crippen molar-refractivity contribution in [3.05, 3.63) is 48.3 Å². The molecule has 1 aromatic carbocycles. The van der Waals surface area contributed by atoms with Gasteiger partial charge in [-0.25, -0.2) is 0 Å². The fourth-order valence-electron chi connectivity index (χ4n) is 3.05. The molecule has 0 saturated heterocycles. The summed E-state index contributed by atoms with van der Waals surface area (Å²) >= 11 is 0. The van der Waals surface area contributed by atoms with Crippen molar-refractivity contribution in [1.29, 1.82) is 0 Å². The van der Waals surface area contributed by atoms with Crippen LogP contribution >= 0.6 is 24.8 Å². The highest BCUT2D eigenvalue weighted by molar-refractivity contribution is 6.05. The molecule has 1 aliphatic carbocycles. The van der Waals surface area contributed by atoms with Gasteiger partial charge >= 0.3 is 0 Å². The van der Waals surface area contributed by atoms with Crippen molar-refractivity contribution in [2.24, 2.45) is 5.73 Å². The molecule has 0 atom stereocenters. The summed E-state index contributed by atoms with van der Waals surface area (Å²) in [5, 5.41) is 5.62. The predicted octanol–water partition coefficient (Wildman–Crippen LogP) is 3.40. The SMILES string of the molecule is COc1cc(NC(=O)C2(N)CCCC2)ccc1NC(=O)c1cccnc1.Cl.Cl. The number of hydrogen-bond acceptors (Lipinski definition) is 5. The highest BCUT2D eigenvalue weighted by atomic mass is 35.5. The van der Waals surface area contributed by atoms with Crippen LogP contribution in [-0.4, -0.2) is 29.4 Å². The second kappa shape index (κ2) is 10.3. The fourth-order valence-corrected chi connectivity index (χ4v) is 3.05. The Kier molecular flexibility index (Phi) is 8.68. The van der Waals surface area contributed by atoms with Crippen LogP contribution in [0.4, 0.5) is 11.4 Å². The molecule has 2 amide bonds. The molecule has 1 saturated carbocycles. The van der Waals surface area contributed by atoms with Gasteiger partial charge in [-0.1, -0.05) is 12.8 Å². The molecule has 0 radical (unpaired) electrons. The first-order valence-corrected chi connectivity index (χ1v) is 8.51. The molecule has 0 unspecified atom stereocenters. The first-order valence-electron chi connectivity index (χ1n) is 8.51. The van der Waals surface area contributed by atoms with Gasteiger partial charge in [0.05, 0.1) is 23.9 Å². The molecule has 7 nitrogen and oxygen atoms in total. The highest BCUT2D eigenvalue weighted by Gasteiger charge is 2.37. The topological polar surface area (TPSA) is 106 Å². The summed E-state index contributed by atoms with van der Waals surface area (Å²) in [6.07, 6.45) is 6.39. The molecule has 4 N–H and O–H groups in total. The molecule has 3 rings (SSSR count). The number of methoxy groups -OCH3 is 1. The smallest absolute Gasteiger partial charge is 0.257 e. The maximum absolute atomic E-state index is 12.4. The average molecular weight is 427 g/mol. The van der Waals surface area contributed by atoms with Gasteiger partial charge in [0, 0.05) is 24.1 Å². The Bertz CT molecular complexity index is 812. The monoisotopic (exact) mass is 426 g/mol. The lowest BCUT2D eigenvalue weighted by Crippen LogP contribution is -2.48. The Labute approximate surface area is 176 Å². The number of carbonyl (C=O) groups excluding carboxylic acids is 2. The van der Waals surface area contributed by atoms with Gasteiger partial charge in [-0.05, 0) is 37.1 Å². The molecular formula is C19H24Cl2N4O3. The van der Waals surface area contributed by atoms with E-state index in [0.717, 1.165) is 12.8 Å². The van der Waals surface area contributed by atoms with E-state index in [1.807, 2.05) is 0 Å². The first-order chi connectivity index (χ1) is 12.5. The standard InChI is InChI=1S/C19H22N4O3.2ClH/c1-26-16-11-14(22-18(25)19(20)8-2-3-9-19)6-7-15(16)23-17(24)13-5-4-10-21-12-13;;/h4-7,10-12H,2-3,8-9,20H2,1H3,(H,22,25)(H,23,24);2*1H. The molecule has 28 heavy (non-hydrogen) atoms. The van der Waals surface area contributed by atoms with Crippen molar-refractivity contribution < 1.29 is 14.3 Å². The third kappa shape index (κ3) is 5.34. The Balaban J connectivity index is 0.00000196. The van der Waals surface area contributed by atoms with Gasteiger partial charge in [-0.3, -0.25) is 14.6 Å². The summed E-state index contributed by atoms with van der Waals surface area (Å²) in [5.41, 5.74) is 6.89. The number of pyridine rings is 1. The van der Waals surface area contributed by atoms with Crippen molar-refractivity contribution in [3.8, 4) is 5.75 Å². The maximum atomic E-state index is 12.4. The number of rotatable bonds is 5. The van der Waals surface area contributed by atoms with Gasteiger partial charge in [0.1, 0.15) is 5.75 Å². The Hall–Kier alpha value is -2.35. The molecule has 1 heterocycles. The Morgan fingerprint density at radius 1 is 1.14 bits per heavy atom. The van der Waals surface area contributed by atoms with Crippen LogP contribution in [0, 0.1) is 0 Å².